The van der Waals surface area contributed by atoms with Crippen molar-refractivity contribution in [3.63, 3.8) is 0 Å². The van der Waals surface area contributed by atoms with Crippen LogP contribution in [0.15, 0.2) is 0 Å². The van der Waals surface area contributed by atoms with Gasteiger partial charge >= 0.3 is 0 Å². The first-order valence-corrected chi connectivity index (χ1v) is 8.98. The van der Waals surface area contributed by atoms with E-state index in [1.54, 1.807) is 6.92 Å². The molecule has 0 amide bonds. The maximum Gasteiger partial charge on any atom is 0.238 e. The molecule has 1 aliphatic rings. The first-order valence-electron chi connectivity index (χ1n) is 6.62. The molecule has 1 aromatic heterocycles. The minimum atomic E-state index is -3.36. The van der Waals surface area contributed by atoms with E-state index in [1.807, 2.05) is 13.8 Å². The van der Waals surface area contributed by atoms with Crippen molar-refractivity contribution in [3.05, 3.63) is 10.6 Å². The van der Waals surface area contributed by atoms with Crippen molar-refractivity contribution in [2.45, 2.75) is 51.3 Å². The molecule has 0 fully saturated rings. The highest BCUT2D eigenvalue weighted by atomic mass is 32.2. The smallest absolute Gasteiger partial charge is 0.238 e. The van der Waals surface area contributed by atoms with Crippen molar-refractivity contribution in [2.24, 2.45) is 0 Å². The van der Waals surface area contributed by atoms with Crippen LogP contribution in [-0.4, -0.2) is 31.2 Å². The first kappa shape index (κ1) is 14.7. The minimum Gasteiger partial charge on any atom is -0.313 e. The fraction of sp³-hybridized carbons (Fsp3) is 0.750. The number of rotatable bonds is 6. The average Bonchev–Trinajstić information content (AvgIpc) is 2.85. The van der Waals surface area contributed by atoms with E-state index in [9.17, 15) is 8.42 Å². The van der Waals surface area contributed by atoms with Crippen LogP contribution in [0, 0.1) is 0 Å². The number of sulfonamides is 1. The van der Waals surface area contributed by atoms with E-state index < -0.39 is 15.3 Å². The lowest BCUT2D eigenvalue weighted by molar-refractivity contribution is 0.553. The van der Waals surface area contributed by atoms with Crippen molar-refractivity contribution < 1.29 is 8.42 Å². The standard InChI is InChI=1S/C12H21N3O2S2/c1-8(2)13-7-9(3)19(16,17)15-12-14-10-5-4-6-11(10)18-12/h8-9,13H,4-7H2,1-3H3,(H,14,15). The molecule has 1 aliphatic carbocycles. The van der Waals surface area contributed by atoms with Gasteiger partial charge in [0.05, 0.1) is 10.9 Å². The summed E-state index contributed by atoms with van der Waals surface area (Å²) >= 11 is 1.47. The third kappa shape index (κ3) is 3.67. The summed E-state index contributed by atoms with van der Waals surface area (Å²) in [4.78, 5) is 5.59. The van der Waals surface area contributed by atoms with Gasteiger partial charge in [-0.15, -0.1) is 11.3 Å². The van der Waals surface area contributed by atoms with Gasteiger partial charge in [0.25, 0.3) is 0 Å². The summed E-state index contributed by atoms with van der Waals surface area (Å²) in [5.41, 5.74) is 1.07. The summed E-state index contributed by atoms with van der Waals surface area (Å²) in [5.74, 6) is 0. The second-order valence-corrected chi connectivity index (χ2v) is 8.45. The quantitative estimate of drug-likeness (QED) is 0.840. The molecule has 2 rings (SSSR count). The molecule has 108 valence electrons. The molecule has 1 heterocycles. The summed E-state index contributed by atoms with van der Waals surface area (Å²) in [6.07, 6.45) is 3.13. The molecule has 0 saturated heterocycles. The fourth-order valence-corrected chi connectivity index (χ4v) is 4.19. The average molecular weight is 303 g/mol. The van der Waals surface area contributed by atoms with Gasteiger partial charge in [0.15, 0.2) is 5.13 Å². The highest BCUT2D eigenvalue weighted by Gasteiger charge is 2.24. The molecule has 0 bridgehead atoms. The van der Waals surface area contributed by atoms with Gasteiger partial charge in [-0.05, 0) is 26.2 Å². The number of nitrogens with one attached hydrogen (secondary N) is 2. The van der Waals surface area contributed by atoms with Gasteiger partial charge in [0.2, 0.25) is 10.0 Å². The van der Waals surface area contributed by atoms with Crippen LogP contribution < -0.4 is 10.0 Å². The third-order valence-corrected chi connectivity index (χ3v) is 6.07. The molecular formula is C12H21N3O2S2. The van der Waals surface area contributed by atoms with E-state index in [0.717, 1.165) is 25.0 Å². The predicted molar refractivity (Wildman–Crippen MR) is 79.3 cm³/mol. The third-order valence-electron chi connectivity index (χ3n) is 3.17. The number of nitrogens with zero attached hydrogens (tertiary/aromatic N) is 1. The molecule has 0 saturated carbocycles. The highest BCUT2D eigenvalue weighted by molar-refractivity contribution is 7.93. The second-order valence-electron chi connectivity index (χ2n) is 5.26. The van der Waals surface area contributed by atoms with Gasteiger partial charge in [-0.3, -0.25) is 4.72 Å². The Kier molecular flexibility index (Phi) is 4.47. The van der Waals surface area contributed by atoms with Gasteiger partial charge in [-0.2, -0.15) is 0 Å². The zero-order valence-electron chi connectivity index (χ0n) is 11.6. The SMILES string of the molecule is CC(C)NCC(C)S(=O)(=O)Nc1nc2c(s1)CCC2. The zero-order valence-corrected chi connectivity index (χ0v) is 13.2. The van der Waals surface area contributed by atoms with Crippen molar-refractivity contribution in [1.82, 2.24) is 10.3 Å². The molecule has 7 heteroatoms. The monoisotopic (exact) mass is 303 g/mol. The van der Waals surface area contributed by atoms with Crippen molar-refractivity contribution in [2.75, 3.05) is 11.3 Å². The summed E-state index contributed by atoms with van der Waals surface area (Å²) in [5, 5.41) is 3.18. The first-order chi connectivity index (χ1) is 8.88. The van der Waals surface area contributed by atoms with Crippen molar-refractivity contribution in [3.8, 4) is 0 Å². The van der Waals surface area contributed by atoms with Crippen LogP contribution in [0.1, 0.15) is 37.8 Å². The molecule has 5 nitrogen and oxygen atoms in total. The van der Waals surface area contributed by atoms with E-state index in [-0.39, 0.29) is 6.04 Å². The molecule has 1 atom stereocenters. The number of anilines is 1. The van der Waals surface area contributed by atoms with Crippen LogP contribution in [0.3, 0.4) is 0 Å². The molecule has 0 spiro atoms. The number of thiazole rings is 1. The van der Waals surface area contributed by atoms with E-state index >= 15 is 0 Å². The van der Waals surface area contributed by atoms with E-state index in [2.05, 4.69) is 15.0 Å². The van der Waals surface area contributed by atoms with Gasteiger partial charge < -0.3 is 5.32 Å². The Balaban J connectivity index is 1.99. The van der Waals surface area contributed by atoms with Crippen LogP contribution in [0.4, 0.5) is 5.13 Å². The Labute approximate surface area is 118 Å². The van der Waals surface area contributed by atoms with Crippen LogP contribution in [-0.2, 0) is 22.9 Å². The molecule has 19 heavy (non-hydrogen) atoms. The lowest BCUT2D eigenvalue weighted by Gasteiger charge is -2.15. The predicted octanol–water partition coefficient (Wildman–Crippen LogP) is 1.76. The van der Waals surface area contributed by atoms with Gasteiger partial charge in [0.1, 0.15) is 0 Å². The largest absolute Gasteiger partial charge is 0.313 e. The van der Waals surface area contributed by atoms with Gasteiger partial charge in [0, 0.05) is 17.5 Å². The van der Waals surface area contributed by atoms with Crippen molar-refractivity contribution in [1.29, 1.82) is 0 Å². The fourth-order valence-electron chi connectivity index (χ4n) is 1.97. The van der Waals surface area contributed by atoms with Crippen LogP contribution in [0.2, 0.25) is 0 Å². The summed E-state index contributed by atoms with van der Waals surface area (Å²) in [7, 11) is -3.36. The van der Waals surface area contributed by atoms with E-state index in [4.69, 9.17) is 0 Å². The van der Waals surface area contributed by atoms with Crippen LogP contribution >= 0.6 is 11.3 Å². The Morgan fingerprint density at radius 2 is 2.05 bits per heavy atom. The maximum atomic E-state index is 12.2. The molecule has 0 aromatic carbocycles. The maximum absolute atomic E-state index is 12.2. The second kappa shape index (κ2) is 5.76. The number of aromatic nitrogens is 1. The minimum absolute atomic E-state index is 0.279. The molecule has 0 aliphatic heterocycles. The molecule has 2 N–H and O–H groups in total. The Bertz CT molecular complexity index is 516. The summed E-state index contributed by atoms with van der Waals surface area (Å²) < 4.78 is 26.9. The van der Waals surface area contributed by atoms with Gasteiger partial charge in [-0.25, -0.2) is 13.4 Å². The Morgan fingerprint density at radius 1 is 1.32 bits per heavy atom. The van der Waals surface area contributed by atoms with Gasteiger partial charge in [-0.1, -0.05) is 13.8 Å². The lowest BCUT2D eigenvalue weighted by Crippen LogP contribution is -2.37. The van der Waals surface area contributed by atoms with Crippen LogP contribution in [0.5, 0.6) is 0 Å². The topological polar surface area (TPSA) is 71.1 Å². The van der Waals surface area contributed by atoms with E-state index in [0.29, 0.717) is 11.7 Å². The molecular weight excluding hydrogens is 282 g/mol. The Morgan fingerprint density at radius 3 is 2.68 bits per heavy atom. The normalized spacial score (nSPS) is 16.6. The number of hydrogen-bond donors (Lipinski definition) is 2. The lowest BCUT2D eigenvalue weighted by atomic mass is 10.3. The van der Waals surface area contributed by atoms with E-state index in [1.165, 1.54) is 16.2 Å². The van der Waals surface area contributed by atoms with Crippen LogP contribution in [0.25, 0.3) is 0 Å². The number of aryl methyl sites for hydroxylation is 2. The number of hydrogen-bond acceptors (Lipinski definition) is 5. The molecule has 1 unspecified atom stereocenters. The Hall–Kier alpha value is -0.660. The number of fused-ring (bicyclic) bond motifs is 1. The highest BCUT2D eigenvalue weighted by Crippen LogP contribution is 2.31. The van der Waals surface area contributed by atoms with Crippen molar-refractivity contribution >= 4 is 26.5 Å². The molecule has 0 radical (unpaired) electrons. The zero-order chi connectivity index (χ0) is 14.0. The molecule has 1 aromatic rings. The summed E-state index contributed by atoms with van der Waals surface area (Å²) in [6, 6.07) is 0.279. The summed E-state index contributed by atoms with van der Waals surface area (Å²) in [6.45, 7) is 6.15.